The van der Waals surface area contributed by atoms with Gasteiger partial charge in [-0.25, -0.2) is 9.97 Å². The van der Waals surface area contributed by atoms with Gasteiger partial charge in [0.15, 0.2) is 5.16 Å². The lowest BCUT2D eigenvalue weighted by atomic mass is 10.00. The lowest BCUT2D eigenvalue weighted by molar-refractivity contribution is -0.135. The van der Waals surface area contributed by atoms with Crippen molar-refractivity contribution in [1.82, 2.24) is 19.8 Å². The van der Waals surface area contributed by atoms with Crippen molar-refractivity contribution >= 4 is 41.0 Å². The summed E-state index contributed by atoms with van der Waals surface area (Å²) in [5.74, 6) is 1.66. The number of nitrogens with zero attached hydrogens (tertiary/aromatic N) is 5. The average Bonchev–Trinajstić information content (AvgIpc) is 3.41. The second-order valence-electron chi connectivity index (χ2n) is 9.25. The Bertz CT molecular complexity index is 1050. The second-order valence-corrected chi connectivity index (χ2v) is 10.6. The van der Waals surface area contributed by atoms with Gasteiger partial charge in [-0.2, -0.15) is 0 Å². The maximum absolute atomic E-state index is 12.8. The molecular weight excluding hydrogens is 470 g/mol. The van der Waals surface area contributed by atoms with E-state index in [0.717, 1.165) is 44.7 Å². The molecule has 3 aliphatic rings. The normalized spacial score (nSPS) is 18.8. The standard InChI is InChI=1S/C25H30ClN5O2S/c26-21-15-22(29-11-13-30(14-12-29)24(33)19-6-2-3-7-19)28-25(27-21)34-17-23(32)31-10-9-18-5-1-4-8-20(18)16-31/h1,4-5,8,15,19H,2-3,6-7,9-14,16-17H2. The zero-order valence-electron chi connectivity index (χ0n) is 19.3. The second kappa shape index (κ2) is 10.5. The lowest BCUT2D eigenvalue weighted by Crippen LogP contribution is -2.50. The van der Waals surface area contributed by atoms with E-state index in [4.69, 9.17) is 11.6 Å². The highest BCUT2D eigenvalue weighted by atomic mass is 35.5. The molecule has 2 aliphatic heterocycles. The zero-order valence-corrected chi connectivity index (χ0v) is 20.9. The topological polar surface area (TPSA) is 69.6 Å². The molecule has 0 radical (unpaired) electrons. The van der Waals surface area contributed by atoms with Crippen LogP contribution in [-0.2, 0) is 22.6 Å². The molecule has 1 saturated heterocycles. The van der Waals surface area contributed by atoms with E-state index in [1.54, 1.807) is 6.07 Å². The first-order chi connectivity index (χ1) is 16.6. The summed E-state index contributed by atoms with van der Waals surface area (Å²) in [5, 5.41) is 0.883. The molecule has 1 aromatic heterocycles. The van der Waals surface area contributed by atoms with Crippen molar-refractivity contribution in [3.8, 4) is 0 Å². The van der Waals surface area contributed by atoms with Crippen molar-refractivity contribution in [2.45, 2.75) is 43.8 Å². The SMILES string of the molecule is O=C(CSc1nc(Cl)cc(N2CCN(C(=O)C3CCCC3)CC2)n1)N1CCc2ccccc2C1. The number of aromatic nitrogens is 2. The quantitative estimate of drug-likeness (QED) is 0.355. The molecule has 34 heavy (non-hydrogen) atoms. The van der Waals surface area contributed by atoms with Crippen LogP contribution in [0.5, 0.6) is 0 Å². The molecule has 0 N–H and O–H groups in total. The van der Waals surface area contributed by atoms with Gasteiger partial charge < -0.3 is 14.7 Å². The Morgan fingerprint density at radius 3 is 2.47 bits per heavy atom. The smallest absolute Gasteiger partial charge is 0.233 e. The van der Waals surface area contributed by atoms with Gasteiger partial charge in [0.2, 0.25) is 11.8 Å². The molecule has 7 nitrogen and oxygen atoms in total. The third kappa shape index (κ3) is 5.33. The molecule has 180 valence electrons. The van der Waals surface area contributed by atoms with Gasteiger partial charge in [0.1, 0.15) is 11.0 Å². The third-order valence-electron chi connectivity index (χ3n) is 7.09. The van der Waals surface area contributed by atoms with E-state index in [2.05, 4.69) is 27.0 Å². The summed E-state index contributed by atoms with van der Waals surface area (Å²) in [7, 11) is 0. The number of hydrogen-bond acceptors (Lipinski definition) is 6. The Kier molecular flexibility index (Phi) is 7.25. The first kappa shape index (κ1) is 23.4. The summed E-state index contributed by atoms with van der Waals surface area (Å²) in [5.41, 5.74) is 2.55. The molecule has 1 saturated carbocycles. The highest BCUT2D eigenvalue weighted by Gasteiger charge is 2.30. The fourth-order valence-corrected chi connectivity index (χ4v) is 6.11. The molecule has 2 fully saturated rings. The number of thioether (sulfide) groups is 1. The third-order valence-corrected chi connectivity index (χ3v) is 8.11. The Balaban J connectivity index is 1.16. The number of carbonyl (C=O) groups is 2. The van der Waals surface area contributed by atoms with Gasteiger partial charge in [0.05, 0.1) is 5.75 Å². The van der Waals surface area contributed by atoms with Crippen LogP contribution in [0.2, 0.25) is 5.15 Å². The molecule has 0 unspecified atom stereocenters. The van der Waals surface area contributed by atoms with Crippen molar-refractivity contribution < 1.29 is 9.59 Å². The van der Waals surface area contributed by atoms with E-state index in [1.165, 1.54) is 35.7 Å². The zero-order chi connectivity index (χ0) is 23.5. The summed E-state index contributed by atoms with van der Waals surface area (Å²) in [6, 6.07) is 10.1. The number of fused-ring (bicyclic) bond motifs is 1. The molecule has 3 heterocycles. The number of amides is 2. The van der Waals surface area contributed by atoms with Crippen LogP contribution in [0.1, 0.15) is 36.8 Å². The number of hydrogen-bond donors (Lipinski definition) is 0. The van der Waals surface area contributed by atoms with Crippen molar-refractivity contribution in [3.63, 3.8) is 0 Å². The molecule has 2 amide bonds. The summed E-state index contributed by atoms with van der Waals surface area (Å²) >= 11 is 7.63. The molecule has 0 spiro atoms. The first-order valence-corrected chi connectivity index (χ1v) is 13.5. The van der Waals surface area contributed by atoms with Gasteiger partial charge in [0, 0.05) is 51.3 Å². The Labute approximate surface area is 209 Å². The maximum atomic E-state index is 12.8. The molecule has 1 aromatic carbocycles. The van der Waals surface area contributed by atoms with E-state index in [0.29, 0.717) is 35.9 Å². The molecule has 2 aromatic rings. The van der Waals surface area contributed by atoms with Crippen molar-refractivity contribution in [2.24, 2.45) is 5.92 Å². The minimum atomic E-state index is 0.0867. The number of anilines is 1. The van der Waals surface area contributed by atoms with Gasteiger partial charge in [-0.1, -0.05) is 60.5 Å². The van der Waals surface area contributed by atoms with Gasteiger partial charge in [-0.15, -0.1) is 0 Å². The minimum absolute atomic E-state index is 0.0867. The largest absolute Gasteiger partial charge is 0.353 e. The monoisotopic (exact) mass is 499 g/mol. The number of benzene rings is 1. The van der Waals surface area contributed by atoms with E-state index in [1.807, 2.05) is 21.9 Å². The Morgan fingerprint density at radius 1 is 0.971 bits per heavy atom. The fourth-order valence-electron chi connectivity index (χ4n) is 5.13. The lowest BCUT2D eigenvalue weighted by Gasteiger charge is -2.36. The Hall–Kier alpha value is -2.32. The van der Waals surface area contributed by atoms with Crippen molar-refractivity contribution in [3.05, 3.63) is 46.6 Å². The van der Waals surface area contributed by atoms with Crippen LogP contribution in [-0.4, -0.2) is 70.1 Å². The molecular formula is C25H30ClN5O2S. The first-order valence-electron chi connectivity index (χ1n) is 12.1. The summed E-state index contributed by atoms with van der Waals surface area (Å²) < 4.78 is 0. The van der Waals surface area contributed by atoms with Crippen LogP contribution in [0.25, 0.3) is 0 Å². The fraction of sp³-hybridized carbons (Fsp3) is 0.520. The molecule has 1 aliphatic carbocycles. The van der Waals surface area contributed by atoms with E-state index in [-0.39, 0.29) is 17.6 Å². The van der Waals surface area contributed by atoms with Crippen LogP contribution in [0.15, 0.2) is 35.5 Å². The highest BCUT2D eigenvalue weighted by Crippen LogP contribution is 2.28. The predicted molar refractivity (Wildman–Crippen MR) is 134 cm³/mol. The van der Waals surface area contributed by atoms with Crippen LogP contribution in [0.4, 0.5) is 5.82 Å². The van der Waals surface area contributed by atoms with Gasteiger partial charge in [0.25, 0.3) is 0 Å². The average molecular weight is 500 g/mol. The summed E-state index contributed by atoms with van der Waals surface area (Å²) in [6.07, 6.45) is 5.29. The van der Waals surface area contributed by atoms with Crippen molar-refractivity contribution in [1.29, 1.82) is 0 Å². The summed E-state index contributed by atoms with van der Waals surface area (Å²) in [6.45, 7) is 4.25. The van der Waals surface area contributed by atoms with E-state index in [9.17, 15) is 9.59 Å². The van der Waals surface area contributed by atoms with E-state index >= 15 is 0 Å². The summed E-state index contributed by atoms with van der Waals surface area (Å²) in [4.78, 5) is 40.6. The number of carbonyl (C=O) groups excluding carboxylic acids is 2. The van der Waals surface area contributed by atoms with Gasteiger partial charge in [-0.05, 0) is 30.4 Å². The van der Waals surface area contributed by atoms with Gasteiger partial charge in [-0.3, -0.25) is 9.59 Å². The van der Waals surface area contributed by atoms with Crippen LogP contribution >= 0.6 is 23.4 Å². The van der Waals surface area contributed by atoms with Crippen LogP contribution < -0.4 is 4.90 Å². The molecule has 5 rings (SSSR count). The number of rotatable bonds is 5. The Morgan fingerprint density at radius 2 is 1.71 bits per heavy atom. The molecule has 0 atom stereocenters. The van der Waals surface area contributed by atoms with Crippen LogP contribution in [0, 0.1) is 5.92 Å². The van der Waals surface area contributed by atoms with E-state index < -0.39 is 0 Å². The minimum Gasteiger partial charge on any atom is -0.353 e. The number of halogens is 1. The predicted octanol–water partition coefficient (Wildman–Crippen LogP) is 3.65. The molecule has 9 heteroatoms. The van der Waals surface area contributed by atoms with Gasteiger partial charge >= 0.3 is 0 Å². The maximum Gasteiger partial charge on any atom is 0.233 e. The highest BCUT2D eigenvalue weighted by molar-refractivity contribution is 7.99. The van der Waals surface area contributed by atoms with Crippen molar-refractivity contribution in [2.75, 3.05) is 43.4 Å². The van der Waals surface area contributed by atoms with Crippen LogP contribution in [0.3, 0.4) is 0 Å². The number of piperazine rings is 1. The molecule has 0 bridgehead atoms.